The maximum Gasteiger partial charge on any atom is 0.156 e. The summed E-state index contributed by atoms with van der Waals surface area (Å²) in [6, 6.07) is 3.82. The topological polar surface area (TPSA) is 75.0 Å². The standard InChI is InChI=1S/C14H17N5O/c1-3-9(4-1)12-18-11-13(16-8-17-14(11)19-12)15-7-10-5-2-6-20-10/h2,5-6,8-9,12,18H,1,3-4,7H2,(H2,15,16,17,19). The van der Waals surface area contributed by atoms with Crippen LogP contribution in [0.25, 0.3) is 0 Å². The Morgan fingerprint density at radius 2 is 2.25 bits per heavy atom. The largest absolute Gasteiger partial charge is 0.467 e. The van der Waals surface area contributed by atoms with Crippen LogP contribution in [0.15, 0.2) is 29.1 Å². The number of nitrogens with zero attached hydrogens (tertiary/aromatic N) is 2. The van der Waals surface area contributed by atoms with Crippen LogP contribution in [0.3, 0.4) is 0 Å². The minimum Gasteiger partial charge on any atom is -0.467 e. The predicted octanol–water partition coefficient (Wildman–Crippen LogP) is 2.65. The first-order chi connectivity index (χ1) is 9.90. The van der Waals surface area contributed by atoms with Crippen molar-refractivity contribution in [2.24, 2.45) is 5.92 Å². The van der Waals surface area contributed by atoms with E-state index in [-0.39, 0.29) is 0 Å². The van der Waals surface area contributed by atoms with Crippen LogP contribution in [0.5, 0.6) is 0 Å². The molecule has 4 rings (SSSR count). The van der Waals surface area contributed by atoms with Crippen LogP contribution in [0.1, 0.15) is 25.0 Å². The lowest BCUT2D eigenvalue weighted by molar-refractivity contribution is 0.292. The minimum atomic E-state index is 0.291. The molecule has 3 N–H and O–H groups in total. The molecule has 1 saturated carbocycles. The maximum absolute atomic E-state index is 5.32. The minimum absolute atomic E-state index is 0.291. The number of rotatable bonds is 4. The molecule has 104 valence electrons. The Morgan fingerprint density at radius 3 is 3.00 bits per heavy atom. The van der Waals surface area contributed by atoms with Gasteiger partial charge in [-0.15, -0.1) is 0 Å². The average Bonchev–Trinajstić information content (AvgIpc) is 3.03. The molecular formula is C14H17N5O. The molecule has 1 atom stereocenters. The lowest BCUT2D eigenvalue weighted by Gasteiger charge is -2.31. The lowest BCUT2D eigenvalue weighted by atomic mass is 9.83. The molecule has 0 aromatic carbocycles. The van der Waals surface area contributed by atoms with E-state index in [0.717, 1.165) is 23.1 Å². The van der Waals surface area contributed by atoms with Gasteiger partial charge in [-0.05, 0) is 30.9 Å². The molecule has 0 saturated heterocycles. The van der Waals surface area contributed by atoms with Gasteiger partial charge in [-0.2, -0.15) is 0 Å². The third-order valence-electron chi connectivity index (χ3n) is 4.07. The zero-order valence-electron chi connectivity index (χ0n) is 11.1. The Kier molecular flexibility index (Phi) is 2.72. The van der Waals surface area contributed by atoms with E-state index in [4.69, 9.17) is 4.42 Å². The van der Waals surface area contributed by atoms with Crippen molar-refractivity contribution in [3.63, 3.8) is 0 Å². The van der Waals surface area contributed by atoms with Crippen LogP contribution in [0.2, 0.25) is 0 Å². The molecule has 2 aromatic rings. The first-order valence-corrected chi connectivity index (χ1v) is 7.04. The number of fused-ring (bicyclic) bond motifs is 1. The highest BCUT2D eigenvalue weighted by Crippen LogP contribution is 2.39. The summed E-state index contributed by atoms with van der Waals surface area (Å²) in [6.45, 7) is 0.617. The monoisotopic (exact) mass is 271 g/mol. The summed E-state index contributed by atoms with van der Waals surface area (Å²) in [5, 5.41) is 10.2. The molecule has 0 radical (unpaired) electrons. The zero-order valence-corrected chi connectivity index (χ0v) is 11.1. The van der Waals surface area contributed by atoms with Crippen LogP contribution in [0.4, 0.5) is 17.3 Å². The summed E-state index contributed by atoms with van der Waals surface area (Å²) in [7, 11) is 0. The maximum atomic E-state index is 5.32. The quantitative estimate of drug-likeness (QED) is 0.793. The SMILES string of the molecule is c1coc(CNc2ncnc3c2NC(C2CCC2)N3)c1. The van der Waals surface area contributed by atoms with Crippen LogP contribution < -0.4 is 16.0 Å². The van der Waals surface area contributed by atoms with Gasteiger partial charge in [-0.25, -0.2) is 9.97 Å². The van der Waals surface area contributed by atoms with Gasteiger partial charge in [-0.1, -0.05) is 6.42 Å². The van der Waals surface area contributed by atoms with E-state index in [1.807, 2.05) is 12.1 Å². The Labute approximate surface area is 117 Å². The number of aromatic nitrogens is 2. The van der Waals surface area contributed by atoms with Crippen molar-refractivity contribution in [1.82, 2.24) is 9.97 Å². The van der Waals surface area contributed by atoms with Crippen molar-refractivity contribution in [2.75, 3.05) is 16.0 Å². The Balaban J connectivity index is 1.50. The summed E-state index contributed by atoms with van der Waals surface area (Å²) in [5.74, 6) is 3.29. The van der Waals surface area contributed by atoms with E-state index in [0.29, 0.717) is 18.6 Å². The van der Waals surface area contributed by atoms with Gasteiger partial charge in [0, 0.05) is 0 Å². The fraction of sp³-hybridized carbons (Fsp3) is 0.429. The Hall–Kier alpha value is -2.24. The number of nitrogens with one attached hydrogen (secondary N) is 3. The molecule has 3 heterocycles. The first kappa shape index (κ1) is 11.6. The molecule has 1 aliphatic carbocycles. The summed E-state index contributed by atoms with van der Waals surface area (Å²) in [6.07, 6.45) is 7.44. The second-order valence-electron chi connectivity index (χ2n) is 5.34. The van der Waals surface area contributed by atoms with E-state index in [1.54, 1.807) is 12.6 Å². The summed E-state index contributed by atoms with van der Waals surface area (Å²) in [4.78, 5) is 8.63. The summed E-state index contributed by atoms with van der Waals surface area (Å²) < 4.78 is 5.32. The third kappa shape index (κ3) is 1.97. The molecule has 20 heavy (non-hydrogen) atoms. The Morgan fingerprint density at radius 1 is 1.30 bits per heavy atom. The van der Waals surface area contributed by atoms with Crippen LogP contribution in [-0.4, -0.2) is 16.1 Å². The Bertz CT molecular complexity index is 594. The van der Waals surface area contributed by atoms with Crippen molar-refractivity contribution >= 4 is 17.3 Å². The van der Waals surface area contributed by atoms with E-state index < -0.39 is 0 Å². The number of furan rings is 1. The van der Waals surface area contributed by atoms with Crippen molar-refractivity contribution < 1.29 is 4.42 Å². The highest BCUT2D eigenvalue weighted by Gasteiger charge is 2.33. The third-order valence-corrected chi connectivity index (χ3v) is 4.07. The van der Waals surface area contributed by atoms with E-state index in [2.05, 4.69) is 25.9 Å². The molecule has 0 spiro atoms. The van der Waals surface area contributed by atoms with Crippen LogP contribution >= 0.6 is 0 Å². The fourth-order valence-electron chi connectivity index (χ4n) is 2.70. The molecule has 2 aromatic heterocycles. The molecule has 6 heteroatoms. The van der Waals surface area contributed by atoms with E-state index in [9.17, 15) is 0 Å². The second kappa shape index (κ2) is 4.70. The van der Waals surface area contributed by atoms with Crippen LogP contribution in [0, 0.1) is 5.92 Å². The highest BCUT2D eigenvalue weighted by atomic mass is 16.3. The molecular weight excluding hydrogens is 254 g/mol. The van der Waals surface area contributed by atoms with Gasteiger partial charge in [0.2, 0.25) is 0 Å². The molecule has 1 fully saturated rings. The first-order valence-electron chi connectivity index (χ1n) is 7.04. The number of hydrogen-bond donors (Lipinski definition) is 3. The van der Waals surface area contributed by atoms with E-state index >= 15 is 0 Å². The van der Waals surface area contributed by atoms with Crippen molar-refractivity contribution in [3.05, 3.63) is 30.5 Å². The van der Waals surface area contributed by atoms with E-state index in [1.165, 1.54) is 19.3 Å². The molecule has 1 unspecified atom stereocenters. The number of anilines is 3. The van der Waals surface area contributed by atoms with Crippen molar-refractivity contribution in [3.8, 4) is 0 Å². The summed E-state index contributed by atoms with van der Waals surface area (Å²) >= 11 is 0. The normalized spacial score (nSPS) is 20.7. The molecule has 1 aliphatic heterocycles. The summed E-state index contributed by atoms with van der Waals surface area (Å²) in [5.41, 5.74) is 0.968. The second-order valence-corrected chi connectivity index (χ2v) is 5.34. The van der Waals surface area contributed by atoms with Gasteiger partial charge in [0.25, 0.3) is 0 Å². The van der Waals surface area contributed by atoms with Gasteiger partial charge in [0.15, 0.2) is 11.6 Å². The van der Waals surface area contributed by atoms with Crippen LogP contribution in [-0.2, 0) is 6.54 Å². The van der Waals surface area contributed by atoms with Gasteiger partial charge < -0.3 is 20.4 Å². The van der Waals surface area contributed by atoms with Gasteiger partial charge in [-0.3, -0.25) is 0 Å². The van der Waals surface area contributed by atoms with Gasteiger partial charge in [0.1, 0.15) is 23.9 Å². The molecule has 2 aliphatic rings. The highest BCUT2D eigenvalue weighted by molar-refractivity contribution is 5.81. The number of hydrogen-bond acceptors (Lipinski definition) is 6. The smallest absolute Gasteiger partial charge is 0.156 e. The molecule has 6 nitrogen and oxygen atoms in total. The predicted molar refractivity (Wildman–Crippen MR) is 76.4 cm³/mol. The molecule has 0 amide bonds. The van der Waals surface area contributed by atoms with Gasteiger partial charge in [0.05, 0.1) is 12.8 Å². The van der Waals surface area contributed by atoms with Crippen molar-refractivity contribution in [1.29, 1.82) is 0 Å². The zero-order chi connectivity index (χ0) is 13.4. The average molecular weight is 271 g/mol. The van der Waals surface area contributed by atoms with Gasteiger partial charge >= 0.3 is 0 Å². The fourth-order valence-corrected chi connectivity index (χ4v) is 2.70. The van der Waals surface area contributed by atoms with Crippen molar-refractivity contribution in [2.45, 2.75) is 32.0 Å². The lowest BCUT2D eigenvalue weighted by Crippen LogP contribution is -2.36. The molecule has 0 bridgehead atoms.